The molecule has 3 aliphatic rings. The third-order valence-electron chi connectivity index (χ3n) is 11.3. The topological polar surface area (TPSA) is 227 Å². The number of esters is 1. The molecular weight excluding hydrogens is 798 g/mol. The fraction of sp³-hybridized carbons (Fsp3) is 0.381. The van der Waals surface area contributed by atoms with Crippen LogP contribution in [0.4, 0.5) is 4.39 Å². The maximum absolute atomic E-state index is 15.4. The Balaban J connectivity index is 1.11. The van der Waals surface area contributed by atoms with Gasteiger partial charge in [-0.25, -0.2) is 14.2 Å². The van der Waals surface area contributed by atoms with E-state index in [-0.39, 0.29) is 56.0 Å². The van der Waals surface area contributed by atoms with Crippen molar-refractivity contribution in [2.75, 3.05) is 25.4 Å². The van der Waals surface area contributed by atoms with E-state index < -0.39 is 71.7 Å². The number of amides is 5. The second kappa shape index (κ2) is 17.2. The number of fused-ring (bicyclic) bond motifs is 5. The number of rotatable bonds is 14. The summed E-state index contributed by atoms with van der Waals surface area (Å²) >= 11 is 3.97. The summed E-state index contributed by atoms with van der Waals surface area (Å²) < 4.78 is 22.0. The lowest BCUT2D eigenvalue weighted by Crippen LogP contribution is -2.52. The number of carbonyl (C=O) groups is 6. The zero-order valence-electron chi connectivity index (χ0n) is 32.9. The molecule has 7 rings (SSSR count). The minimum absolute atomic E-state index is 0.0412. The summed E-state index contributed by atoms with van der Waals surface area (Å²) in [5.74, 6) is -3.87. The Hall–Kier alpha value is -6.14. The Labute approximate surface area is 348 Å². The van der Waals surface area contributed by atoms with E-state index in [4.69, 9.17) is 9.72 Å². The first-order chi connectivity index (χ1) is 28.7. The molecule has 3 atom stereocenters. The van der Waals surface area contributed by atoms with E-state index in [1.165, 1.54) is 10.6 Å². The third-order valence-corrected chi connectivity index (χ3v) is 11.5. The summed E-state index contributed by atoms with van der Waals surface area (Å²) in [6.07, 6.45) is 0.921. The number of hydrogen-bond acceptors (Lipinski definition) is 11. The molecule has 0 fully saturated rings. The number of halogens is 1. The summed E-state index contributed by atoms with van der Waals surface area (Å²) in [5, 5.41) is 25.1. The molecule has 6 N–H and O–H groups in total. The summed E-state index contributed by atoms with van der Waals surface area (Å²) in [6, 6.07) is 10.0. The smallest absolute Gasteiger partial charge is 0.343 e. The van der Waals surface area contributed by atoms with Gasteiger partial charge in [-0.3, -0.25) is 28.8 Å². The molecule has 2 aromatic heterocycles. The van der Waals surface area contributed by atoms with Crippen LogP contribution in [0.1, 0.15) is 71.2 Å². The predicted molar refractivity (Wildman–Crippen MR) is 218 cm³/mol. The molecule has 60 heavy (non-hydrogen) atoms. The van der Waals surface area contributed by atoms with Gasteiger partial charge in [0.2, 0.25) is 29.5 Å². The highest BCUT2D eigenvalue weighted by molar-refractivity contribution is 7.80. The van der Waals surface area contributed by atoms with Crippen LogP contribution in [0.25, 0.3) is 22.3 Å². The normalized spacial score (nSPS) is 17.7. The molecule has 16 nitrogen and oxygen atoms in total. The quantitative estimate of drug-likeness (QED) is 0.0621. The fourth-order valence-electron chi connectivity index (χ4n) is 8.15. The van der Waals surface area contributed by atoms with E-state index in [0.717, 1.165) is 11.1 Å². The van der Waals surface area contributed by atoms with Crippen LogP contribution >= 0.6 is 12.6 Å². The molecule has 18 heteroatoms. The molecule has 1 aliphatic carbocycles. The largest absolute Gasteiger partial charge is 0.458 e. The molecule has 0 radical (unpaired) electrons. The van der Waals surface area contributed by atoms with Gasteiger partial charge in [0.15, 0.2) is 5.60 Å². The van der Waals surface area contributed by atoms with E-state index in [0.29, 0.717) is 57.6 Å². The van der Waals surface area contributed by atoms with Crippen molar-refractivity contribution >= 4 is 59.0 Å². The van der Waals surface area contributed by atoms with Gasteiger partial charge in [-0.05, 0) is 60.3 Å². The zero-order chi connectivity index (χ0) is 42.9. The van der Waals surface area contributed by atoms with Crippen LogP contribution < -0.4 is 32.1 Å². The number of aromatic nitrogens is 2. The number of nitrogens with zero attached hydrogens (tertiary/aromatic N) is 2. The van der Waals surface area contributed by atoms with Gasteiger partial charge >= 0.3 is 5.97 Å². The summed E-state index contributed by atoms with van der Waals surface area (Å²) in [6.45, 7) is 1.75. The van der Waals surface area contributed by atoms with Crippen LogP contribution in [0.3, 0.4) is 0 Å². The molecule has 2 aliphatic heterocycles. The van der Waals surface area contributed by atoms with Crippen molar-refractivity contribution in [3.8, 4) is 11.4 Å². The lowest BCUT2D eigenvalue weighted by atomic mass is 9.81. The number of hydrogen-bond donors (Lipinski definition) is 7. The molecule has 5 amide bonds. The number of ether oxygens (including phenoxy) is 1. The highest BCUT2D eigenvalue weighted by atomic mass is 32.1. The Kier molecular flexibility index (Phi) is 12.1. The average Bonchev–Trinajstić information content (AvgIpc) is 3.61. The molecule has 0 unspecified atom stereocenters. The van der Waals surface area contributed by atoms with Crippen molar-refractivity contribution in [2.24, 2.45) is 0 Å². The van der Waals surface area contributed by atoms with Gasteiger partial charge in [0.05, 0.1) is 54.7 Å². The van der Waals surface area contributed by atoms with Gasteiger partial charge in [-0.15, -0.1) is 0 Å². The van der Waals surface area contributed by atoms with Gasteiger partial charge < -0.3 is 41.0 Å². The SMILES string of the molecule is CC[C@@]1(O)C(=O)OCc2c1cc1n(c2=O)Cc2c-1nc1cc(F)c(C)c3c1c2[C@@H](NC(=O)CNC(=O)[C@H](Cc1ccccc1)NC(=O)CNC(=O)CNC(=O)CCS)CC3. The molecule has 0 spiro atoms. The summed E-state index contributed by atoms with van der Waals surface area (Å²) in [4.78, 5) is 95.5. The van der Waals surface area contributed by atoms with E-state index >= 15 is 4.39 Å². The predicted octanol–water partition coefficient (Wildman–Crippen LogP) is 1.03. The van der Waals surface area contributed by atoms with Crippen LogP contribution in [0.5, 0.6) is 0 Å². The second-order valence-electron chi connectivity index (χ2n) is 15.0. The molecule has 0 bridgehead atoms. The number of cyclic esters (lactones) is 1. The maximum Gasteiger partial charge on any atom is 0.343 e. The van der Waals surface area contributed by atoms with E-state index in [1.807, 2.05) is 0 Å². The van der Waals surface area contributed by atoms with Gasteiger partial charge in [-0.2, -0.15) is 12.6 Å². The van der Waals surface area contributed by atoms with Crippen molar-refractivity contribution < 1.29 is 43.0 Å². The monoisotopic (exact) mass is 841 g/mol. The van der Waals surface area contributed by atoms with Crippen LogP contribution in [-0.4, -0.2) is 81.6 Å². The van der Waals surface area contributed by atoms with Crippen molar-refractivity contribution in [2.45, 2.75) is 76.8 Å². The van der Waals surface area contributed by atoms with Crippen molar-refractivity contribution in [3.05, 3.63) is 97.6 Å². The van der Waals surface area contributed by atoms with Gasteiger partial charge in [-0.1, -0.05) is 37.3 Å². The van der Waals surface area contributed by atoms with Crippen LogP contribution in [0.2, 0.25) is 0 Å². The fourth-order valence-corrected chi connectivity index (χ4v) is 8.35. The van der Waals surface area contributed by atoms with Gasteiger partial charge in [0.1, 0.15) is 18.5 Å². The number of aliphatic hydroxyl groups is 1. The Bertz CT molecular complexity index is 2510. The zero-order valence-corrected chi connectivity index (χ0v) is 33.8. The van der Waals surface area contributed by atoms with Crippen LogP contribution in [0, 0.1) is 12.7 Å². The highest BCUT2D eigenvalue weighted by Crippen LogP contribution is 2.46. The Morgan fingerprint density at radius 2 is 1.70 bits per heavy atom. The molecule has 0 saturated heterocycles. The maximum atomic E-state index is 15.4. The average molecular weight is 842 g/mol. The molecular formula is C42H44FN7O9S. The van der Waals surface area contributed by atoms with Crippen molar-refractivity contribution in [1.29, 1.82) is 0 Å². The van der Waals surface area contributed by atoms with Crippen molar-refractivity contribution in [3.63, 3.8) is 0 Å². The number of aryl methyl sites for hydroxylation is 1. The molecule has 0 saturated carbocycles. The van der Waals surface area contributed by atoms with E-state index in [2.05, 4.69) is 39.2 Å². The number of benzene rings is 2. The highest BCUT2D eigenvalue weighted by Gasteiger charge is 2.46. The Morgan fingerprint density at radius 3 is 2.43 bits per heavy atom. The number of thiol groups is 1. The first kappa shape index (κ1) is 42.0. The molecule has 4 heterocycles. The van der Waals surface area contributed by atoms with Crippen LogP contribution in [0.15, 0.2) is 47.3 Å². The Morgan fingerprint density at radius 1 is 0.983 bits per heavy atom. The molecule has 314 valence electrons. The van der Waals surface area contributed by atoms with E-state index in [9.17, 15) is 38.7 Å². The first-order valence-electron chi connectivity index (χ1n) is 19.6. The summed E-state index contributed by atoms with van der Waals surface area (Å²) in [5.41, 5.74) is 1.93. The molecule has 2 aromatic carbocycles. The standard InChI is InChI=1S/C42H44FN7O9S/c1-3-42(58)26-14-31-38-24(19-50(31)40(56)25(26)20-59-41(42)57)37-28(10-9-23-21(2)27(43)15-29(49-38)36(23)37)47-35(54)18-46-39(55)30(13-22-7-5-4-6-8-22)48-34(53)17-45-33(52)16-44-32(51)11-12-60/h4-8,14-15,28,30,58,60H,3,9-13,16-20H2,1-2H3,(H,44,51)(H,45,52)(H,46,55)(H,47,54)(H,48,53)/t28-,30-,42-/m0/s1. The van der Waals surface area contributed by atoms with E-state index in [1.54, 1.807) is 50.2 Å². The first-order valence-corrected chi connectivity index (χ1v) is 20.2. The number of pyridine rings is 2. The summed E-state index contributed by atoms with van der Waals surface area (Å²) in [7, 11) is 0. The molecule has 4 aromatic rings. The van der Waals surface area contributed by atoms with Crippen molar-refractivity contribution in [1.82, 2.24) is 36.1 Å². The van der Waals surface area contributed by atoms with Crippen LogP contribution in [-0.2, 0) is 65.1 Å². The number of carbonyl (C=O) groups excluding carboxylic acids is 6. The minimum Gasteiger partial charge on any atom is -0.458 e. The second-order valence-corrected chi connectivity index (χ2v) is 15.5. The number of nitrogens with one attached hydrogen (secondary N) is 5. The van der Waals surface area contributed by atoms with Gasteiger partial charge in [0.25, 0.3) is 5.56 Å². The lowest BCUT2D eigenvalue weighted by molar-refractivity contribution is -0.172. The minimum atomic E-state index is -2.04. The third kappa shape index (κ3) is 8.08. The lowest BCUT2D eigenvalue weighted by Gasteiger charge is -2.31. The van der Waals surface area contributed by atoms with Gasteiger partial charge in [0, 0.05) is 35.4 Å².